The Morgan fingerprint density at radius 2 is 2.60 bits per heavy atom. The first kappa shape index (κ1) is 6.84. The molecule has 1 heterocycles. The highest BCUT2D eigenvalue weighted by molar-refractivity contribution is 5.71. The highest BCUT2D eigenvalue weighted by Gasteiger charge is 2.07. The van der Waals surface area contributed by atoms with Gasteiger partial charge in [-0.3, -0.25) is 10.7 Å². The second-order valence-corrected chi connectivity index (χ2v) is 1.93. The van der Waals surface area contributed by atoms with Gasteiger partial charge in [0.15, 0.2) is 6.29 Å². The molecular formula is C7H9N3. The Hall–Kier alpha value is -1.27. The lowest BCUT2D eigenvalue weighted by Gasteiger charge is -2.23. The minimum Gasteiger partial charge on any atom is -0.333 e. The fourth-order valence-corrected chi connectivity index (χ4v) is 0.712. The number of terminal acetylenes is 1. The summed E-state index contributed by atoms with van der Waals surface area (Å²) in [5.74, 6) is 2.49. The van der Waals surface area contributed by atoms with Crippen LogP contribution in [0.15, 0.2) is 17.3 Å². The van der Waals surface area contributed by atoms with Crippen LogP contribution in [-0.4, -0.2) is 23.9 Å². The van der Waals surface area contributed by atoms with Crippen molar-refractivity contribution in [3.63, 3.8) is 0 Å². The molecule has 0 amide bonds. The van der Waals surface area contributed by atoms with Gasteiger partial charge in [-0.05, 0) is 6.08 Å². The number of nitrogens with zero attached hydrogens (tertiary/aromatic N) is 2. The zero-order chi connectivity index (χ0) is 7.40. The Kier molecular flexibility index (Phi) is 2.08. The fourth-order valence-electron chi connectivity index (χ4n) is 0.712. The van der Waals surface area contributed by atoms with Crippen molar-refractivity contribution in [1.82, 2.24) is 4.90 Å². The van der Waals surface area contributed by atoms with Gasteiger partial charge in [-0.25, -0.2) is 0 Å². The SMILES string of the molecule is C#CCN1C=CC=NC1N. The van der Waals surface area contributed by atoms with Crippen molar-refractivity contribution in [2.24, 2.45) is 10.7 Å². The van der Waals surface area contributed by atoms with Gasteiger partial charge >= 0.3 is 0 Å². The standard InChI is InChI=1S/C7H9N3/c1-2-5-10-6-3-4-9-7(10)8/h1,3-4,6-7H,5,8H2. The first-order chi connectivity index (χ1) is 4.84. The van der Waals surface area contributed by atoms with E-state index >= 15 is 0 Å². The van der Waals surface area contributed by atoms with E-state index < -0.39 is 0 Å². The van der Waals surface area contributed by atoms with Crippen LogP contribution < -0.4 is 5.73 Å². The zero-order valence-corrected chi connectivity index (χ0v) is 5.57. The maximum absolute atomic E-state index is 5.55. The number of hydrogen-bond acceptors (Lipinski definition) is 3. The molecule has 1 rings (SSSR count). The highest BCUT2D eigenvalue weighted by Crippen LogP contribution is 1.98. The summed E-state index contributed by atoms with van der Waals surface area (Å²) in [5.41, 5.74) is 5.55. The maximum Gasteiger partial charge on any atom is 0.173 e. The molecule has 1 unspecified atom stereocenters. The van der Waals surface area contributed by atoms with Crippen LogP contribution >= 0.6 is 0 Å². The number of aliphatic imine (C=N–C) groups is 1. The molecule has 0 radical (unpaired) electrons. The van der Waals surface area contributed by atoms with Crippen LogP contribution in [-0.2, 0) is 0 Å². The van der Waals surface area contributed by atoms with Crippen LogP contribution in [0.3, 0.4) is 0 Å². The lowest BCUT2D eigenvalue weighted by Crippen LogP contribution is -2.38. The van der Waals surface area contributed by atoms with Gasteiger partial charge in [-0.1, -0.05) is 5.92 Å². The number of allylic oxidation sites excluding steroid dienone is 1. The van der Waals surface area contributed by atoms with Crippen molar-refractivity contribution in [3.8, 4) is 12.3 Å². The Morgan fingerprint density at radius 1 is 1.80 bits per heavy atom. The normalized spacial score (nSPS) is 22.8. The molecule has 1 aliphatic heterocycles. The van der Waals surface area contributed by atoms with E-state index in [1.807, 2.05) is 6.20 Å². The predicted molar refractivity (Wildman–Crippen MR) is 41.1 cm³/mol. The quantitative estimate of drug-likeness (QED) is 0.504. The molecule has 0 fully saturated rings. The van der Waals surface area contributed by atoms with Crippen LogP contribution in [0.25, 0.3) is 0 Å². The monoisotopic (exact) mass is 135 g/mol. The molecule has 0 aromatic carbocycles. The minimum atomic E-state index is -0.305. The molecule has 3 heteroatoms. The summed E-state index contributed by atoms with van der Waals surface area (Å²) in [4.78, 5) is 5.70. The molecule has 0 spiro atoms. The molecule has 52 valence electrons. The summed E-state index contributed by atoms with van der Waals surface area (Å²) in [6.45, 7) is 0.509. The Morgan fingerprint density at radius 3 is 3.20 bits per heavy atom. The van der Waals surface area contributed by atoms with Gasteiger partial charge in [0.1, 0.15) is 0 Å². The van der Waals surface area contributed by atoms with Crippen LogP contribution in [0.1, 0.15) is 0 Å². The molecule has 0 aliphatic carbocycles. The summed E-state index contributed by atoms with van der Waals surface area (Å²) < 4.78 is 0. The first-order valence-electron chi connectivity index (χ1n) is 2.99. The van der Waals surface area contributed by atoms with Crippen LogP contribution in [0.5, 0.6) is 0 Å². The molecular weight excluding hydrogens is 126 g/mol. The molecule has 0 saturated carbocycles. The maximum atomic E-state index is 5.55. The molecule has 0 aromatic heterocycles. The molecule has 2 N–H and O–H groups in total. The summed E-state index contributed by atoms with van der Waals surface area (Å²) in [6.07, 6.45) is 10.1. The van der Waals surface area contributed by atoms with Gasteiger partial charge in [0.05, 0.1) is 6.54 Å². The average molecular weight is 135 g/mol. The lowest BCUT2D eigenvalue weighted by atomic mass is 10.4. The van der Waals surface area contributed by atoms with E-state index in [2.05, 4.69) is 10.9 Å². The van der Waals surface area contributed by atoms with Crippen LogP contribution in [0.2, 0.25) is 0 Å². The number of rotatable bonds is 1. The van der Waals surface area contributed by atoms with Crippen molar-refractivity contribution in [2.75, 3.05) is 6.54 Å². The Labute approximate surface area is 60.2 Å². The average Bonchev–Trinajstić information content (AvgIpc) is 1.94. The van der Waals surface area contributed by atoms with E-state index in [9.17, 15) is 0 Å². The summed E-state index contributed by atoms with van der Waals surface area (Å²) in [7, 11) is 0. The van der Waals surface area contributed by atoms with E-state index in [-0.39, 0.29) is 6.29 Å². The molecule has 0 saturated heterocycles. The summed E-state index contributed by atoms with van der Waals surface area (Å²) >= 11 is 0. The second kappa shape index (κ2) is 3.04. The van der Waals surface area contributed by atoms with E-state index in [0.29, 0.717) is 6.54 Å². The molecule has 0 bridgehead atoms. The van der Waals surface area contributed by atoms with E-state index in [0.717, 1.165) is 0 Å². The number of hydrogen-bond donors (Lipinski definition) is 1. The molecule has 3 nitrogen and oxygen atoms in total. The van der Waals surface area contributed by atoms with Crippen molar-refractivity contribution in [3.05, 3.63) is 12.3 Å². The highest BCUT2D eigenvalue weighted by atomic mass is 15.3. The van der Waals surface area contributed by atoms with Gasteiger partial charge in [-0.2, -0.15) is 0 Å². The van der Waals surface area contributed by atoms with E-state index in [1.54, 1.807) is 17.2 Å². The summed E-state index contributed by atoms with van der Waals surface area (Å²) in [5, 5.41) is 0. The van der Waals surface area contributed by atoms with Crippen LogP contribution in [0, 0.1) is 12.3 Å². The minimum absolute atomic E-state index is 0.305. The van der Waals surface area contributed by atoms with Gasteiger partial charge in [0.2, 0.25) is 0 Å². The van der Waals surface area contributed by atoms with Crippen LogP contribution in [0.4, 0.5) is 0 Å². The van der Waals surface area contributed by atoms with E-state index in [4.69, 9.17) is 12.2 Å². The third-order valence-corrected chi connectivity index (χ3v) is 1.22. The first-order valence-corrected chi connectivity index (χ1v) is 2.99. The third kappa shape index (κ3) is 1.36. The van der Waals surface area contributed by atoms with Gasteiger partial charge < -0.3 is 4.90 Å². The van der Waals surface area contributed by atoms with Gasteiger partial charge in [0, 0.05) is 12.4 Å². The van der Waals surface area contributed by atoms with Crippen molar-refractivity contribution in [1.29, 1.82) is 0 Å². The van der Waals surface area contributed by atoms with Gasteiger partial charge in [-0.15, -0.1) is 6.42 Å². The Balaban J connectivity index is 2.54. The largest absolute Gasteiger partial charge is 0.333 e. The predicted octanol–water partition coefficient (Wildman–Crippen LogP) is -0.238. The van der Waals surface area contributed by atoms with Crippen molar-refractivity contribution >= 4 is 6.21 Å². The molecule has 0 aromatic rings. The fraction of sp³-hybridized carbons (Fsp3) is 0.286. The second-order valence-electron chi connectivity index (χ2n) is 1.93. The van der Waals surface area contributed by atoms with Crippen molar-refractivity contribution in [2.45, 2.75) is 6.29 Å². The zero-order valence-electron chi connectivity index (χ0n) is 5.57. The smallest absolute Gasteiger partial charge is 0.173 e. The molecule has 1 atom stereocenters. The third-order valence-electron chi connectivity index (χ3n) is 1.22. The summed E-state index contributed by atoms with van der Waals surface area (Å²) in [6, 6.07) is 0. The van der Waals surface area contributed by atoms with Crippen molar-refractivity contribution < 1.29 is 0 Å². The Bertz CT molecular complexity index is 199. The lowest BCUT2D eigenvalue weighted by molar-refractivity contribution is 0.319. The number of nitrogens with two attached hydrogens (primary N) is 1. The topological polar surface area (TPSA) is 41.6 Å². The van der Waals surface area contributed by atoms with Gasteiger partial charge in [0.25, 0.3) is 0 Å². The van der Waals surface area contributed by atoms with E-state index in [1.165, 1.54) is 0 Å². The molecule has 1 aliphatic rings. The molecule has 10 heavy (non-hydrogen) atoms.